The minimum atomic E-state index is 0.583. The second kappa shape index (κ2) is 6.17. The van der Waals surface area contributed by atoms with E-state index in [1.165, 1.54) is 12.8 Å². The van der Waals surface area contributed by atoms with Gasteiger partial charge in [0.2, 0.25) is 0 Å². The van der Waals surface area contributed by atoms with Gasteiger partial charge in [-0.1, -0.05) is 13.0 Å². The van der Waals surface area contributed by atoms with Crippen LogP contribution in [0.25, 0.3) is 0 Å². The molecule has 3 heterocycles. The predicted molar refractivity (Wildman–Crippen MR) is 89.3 cm³/mol. The second-order valence-corrected chi connectivity index (χ2v) is 5.94. The second-order valence-electron chi connectivity index (χ2n) is 5.94. The lowest BCUT2D eigenvalue weighted by Crippen LogP contribution is -2.35. The lowest BCUT2D eigenvalue weighted by molar-refractivity contribution is 0.445. The van der Waals surface area contributed by atoms with Crippen LogP contribution in [-0.4, -0.2) is 28.0 Å². The van der Waals surface area contributed by atoms with Crippen LogP contribution in [0.2, 0.25) is 0 Å². The minimum absolute atomic E-state index is 0.583. The highest BCUT2D eigenvalue weighted by molar-refractivity contribution is 5.77. The number of nitrogen functional groups attached to an aromatic ring is 1. The number of hydrogen-bond acceptors (Lipinski definition) is 6. The van der Waals surface area contributed by atoms with Crippen molar-refractivity contribution in [2.24, 2.45) is 5.92 Å². The SMILES string of the molecule is Cc1cccc(Nc2ncnc(N3CCCC(C)C3)c2N)n1. The van der Waals surface area contributed by atoms with Crippen LogP contribution in [-0.2, 0) is 0 Å². The van der Waals surface area contributed by atoms with Gasteiger partial charge >= 0.3 is 0 Å². The molecule has 116 valence electrons. The summed E-state index contributed by atoms with van der Waals surface area (Å²) >= 11 is 0. The molecule has 22 heavy (non-hydrogen) atoms. The molecule has 6 heteroatoms. The fraction of sp³-hybridized carbons (Fsp3) is 0.438. The van der Waals surface area contributed by atoms with Crippen molar-refractivity contribution in [1.29, 1.82) is 0 Å². The van der Waals surface area contributed by atoms with E-state index in [4.69, 9.17) is 5.73 Å². The van der Waals surface area contributed by atoms with Gasteiger partial charge in [0.05, 0.1) is 0 Å². The van der Waals surface area contributed by atoms with Gasteiger partial charge in [-0.25, -0.2) is 15.0 Å². The summed E-state index contributed by atoms with van der Waals surface area (Å²) in [4.78, 5) is 15.3. The zero-order chi connectivity index (χ0) is 15.5. The fourth-order valence-electron chi connectivity index (χ4n) is 2.85. The van der Waals surface area contributed by atoms with Gasteiger partial charge in [0.1, 0.15) is 17.8 Å². The van der Waals surface area contributed by atoms with Crippen LogP contribution in [0.1, 0.15) is 25.5 Å². The molecule has 0 amide bonds. The Bertz CT molecular complexity index is 657. The van der Waals surface area contributed by atoms with Crippen LogP contribution in [0.3, 0.4) is 0 Å². The summed E-state index contributed by atoms with van der Waals surface area (Å²) in [6.07, 6.45) is 4.00. The lowest BCUT2D eigenvalue weighted by atomic mass is 10.0. The molecule has 0 radical (unpaired) electrons. The number of aryl methyl sites for hydroxylation is 1. The molecule has 1 fully saturated rings. The van der Waals surface area contributed by atoms with E-state index in [9.17, 15) is 0 Å². The van der Waals surface area contributed by atoms with Gasteiger partial charge in [-0.3, -0.25) is 0 Å². The van der Waals surface area contributed by atoms with Crippen LogP contribution in [0.5, 0.6) is 0 Å². The third-order valence-electron chi connectivity index (χ3n) is 3.95. The van der Waals surface area contributed by atoms with Crippen molar-refractivity contribution < 1.29 is 0 Å². The first-order chi connectivity index (χ1) is 10.6. The van der Waals surface area contributed by atoms with Crippen LogP contribution >= 0.6 is 0 Å². The van der Waals surface area contributed by atoms with Crippen molar-refractivity contribution in [2.75, 3.05) is 29.0 Å². The Hall–Kier alpha value is -2.37. The zero-order valence-electron chi connectivity index (χ0n) is 13.1. The fourth-order valence-corrected chi connectivity index (χ4v) is 2.85. The molecular formula is C16H22N6. The largest absolute Gasteiger partial charge is 0.393 e. The van der Waals surface area contributed by atoms with E-state index in [-0.39, 0.29) is 0 Å². The van der Waals surface area contributed by atoms with Crippen molar-refractivity contribution in [3.05, 3.63) is 30.2 Å². The number of pyridine rings is 1. The smallest absolute Gasteiger partial charge is 0.160 e. The first-order valence-electron chi connectivity index (χ1n) is 7.69. The maximum Gasteiger partial charge on any atom is 0.160 e. The van der Waals surface area contributed by atoms with E-state index in [2.05, 4.69) is 32.1 Å². The monoisotopic (exact) mass is 298 g/mol. The first-order valence-corrected chi connectivity index (χ1v) is 7.69. The normalized spacial score (nSPS) is 18.3. The third-order valence-corrected chi connectivity index (χ3v) is 3.95. The number of aromatic nitrogens is 3. The van der Waals surface area contributed by atoms with Crippen LogP contribution in [0.4, 0.5) is 23.1 Å². The van der Waals surface area contributed by atoms with E-state index in [0.29, 0.717) is 17.4 Å². The number of piperidine rings is 1. The van der Waals surface area contributed by atoms with Gasteiger partial charge in [0, 0.05) is 18.8 Å². The highest BCUT2D eigenvalue weighted by Gasteiger charge is 2.21. The van der Waals surface area contributed by atoms with Gasteiger partial charge in [-0.05, 0) is 37.8 Å². The highest BCUT2D eigenvalue weighted by atomic mass is 15.2. The standard InChI is InChI=1S/C16H22N6/c1-11-5-4-8-22(9-11)16-14(17)15(18-10-19-16)21-13-7-3-6-12(2)20-13/h3,6-7,10-11H,4-5,8-9,17H2,1-2H3,(H,18,19,20,21). The number of hydrogen-bond donors (Lipinski definition) is 2. The molecular weight excluding hydrogens is 276 g/mol. The Labute approximate surface area is 130 Å². The number of anilines is 4. The summed E-state index contributed by atoms with van der Waals surface area (Å²) < 4.78 is 0. The van der Waals surface area contributed by atoms with Crippen LogP contribution in [0.15, 0.2) is 24.5 Å². The van der Waals surface area contributed by atoms with Gasteiger partial charge in [-0.15, -0.1) is 0 Å². The Morgan fingerprint density at radius 1 is 1.32 bits per heavy atom. The highest BCUT2D eigenvalue weighted by Crippen LogP contribution is 2.30. The molecule has 2 aromatic rings. The van der Waals surface area contributed by atoms with Gasteiger partial charge in [0.25, 0.3) is 0 Å². The average molecular weight is 298 g/mol. The third kappa shape index (κ3) is 3.10. The average Bonchev–Trinajstić information content (AvgIpc) is 2.49. The van der Waals surface area contributed by atoms with E-state index in [0.717, 1.165) is 30.4 Å². The van der Waals surface area contributed by atoms with Crippen molar-refractivity contribution >= 4 is 23.1 Å². The molecule has 6 nitrogen and oxygen atoms in total. The Morgan fingerprint density at radius 3 is 2.95 bits per heavy atom. The van der Waals surface area contributed by atoms with Crippen molar-refractivity contribution in [3.63, 3.8) is 0 Å². The molecule has 0 bridgehead atoms. The van der Waals surface area contributed by atoms with Crippen molar-refractivity contribution in [1.82, 2.24) is 15.0 Å². The van der Waals surface area contributed by atoms with E-state index in [1.54, 1.807) is 6.33 Å². The number of nitrogens with zero attached hydrogens (tertiary/aromatic N) is 4. The Morgan fingerprint density at radius 2 is 2.18 bits per heavy atom. The molecule has 3 rings (SSSR count). The summed E-state index contributed by atoms with van der Waals surface area (Å²) in [6.45, 7) is 6.20. The van der Waals surface area contributed by atoms with Crippen molar-refractivity contribution in [2.45, 2.75) is 26.7 Å². The molecule has 0 aliphatic carbocycles. The van der Waals surface area contributed by atoms with Gasteiger partial charge in [0.15, 0.2) is 11.6 Å². The van der Waals surface area contributed by atoms with E-state index >= 15 is 0 Å². The quantitative estimate of drug-likeness (QED) is 0.907. The molecule has 0 aromatic carbocycles. The molecule has 2 aromatic heterocycles. The number of nitrogens with two attached hydrogens (primary N) is 1. The maximum absolute atomic E-state index is 6.29. The number of rotatable bonds is 3. The zero-order valence-corrected chi connectivity index (χ0v) is 13.1. The Balaban J connectivity index is 1.85. The first kappa shape index (κ1) is 14.6. The summed E-state index contributed by atoms with van der Waals surface area (Å²) in [5.74, 6) is 2.83. The summed E-state index contributed by atoms with van der Waals surface area (Å²) in [7, 11) is 0. The van der Waals surface area contributed by atoms with Crippen molar-refractivity contribution in [3.8, 4) is 0 Å². The predicted octanol–water partition coefficient (Wildman–Crippen LogP) is 2.74. The molecule has 1 saturated heterocycles. The molecule has 1 unspecified atom stereocenters. The molecule has 3 N–H and O–H groups in total. The molecule has 0 spiro atoms. The molecule has 1 aliphatic heterocycles. The number of nitrogens with one attached hydrogen (secondary N) is 1. The van der Waals surface area contributed by atoms with E-state index < -0.39 is 0 Å². The Kier molecular flexibility index (Phi) is 4.09. The van der Waals surface area contributed by atoms with Crippen LogP contribution < -0.4 is 16.0 Å². The van der Waals surface area contributed by atoms with Gasteiger partial charge in [-0.2, -0.15) is 0 Å². The van der Waals surface area contributed by atoms with Gasteiger partial charge < -0.3 is 16.0 Å². The molecule has 1 atom stereocenters. The van der Waals surface area contributed by atoms with E-state index in [1.807, 2.05) is 25.1 Å². The summed E-state index contributed by atoms with van der Waals surface area (Å²) in [5.41, 5.74) is 7.82. The van der Waals surface area contributed by atoms with Crippen LogP contribution in [0, 0.1) is 12.8 Å². The minimum Gasteiger partial charge on any atom is -0.393 e. The summed E-state index contributed by atoms with van der Waals surface area (Å²) in [5, 5.41) is 3.19. The molecule has 1 aliphatic rings. The molecule has 0 saturated carbocycles. The topological polar surface area (TPSA) is 80.0 Å². The maximum atomic E-state index is 6.29. The summed E-state index contributed by atoms with van der Waals surface area (Å²) in [6, 6.07) is 5.81. The lowest BCUT2D eigenvalue weighted by Gasteiger charge is -2.32.